The molecule has 0 bridgehead atoms. The number of nitrogens with zero attached hydrogens (tertiary/aromatic N) is 1. The fourth-order valence-electron chi connectivity index (χ4n) is 3.56. The Hall–Kier alpha value is -3.08. The van der Waals surface area contributed by atoms with Crippen LogP contribution in [-0.4, -0.2) is 46.0 Å². The van der Waals surface area contributed by atoms with Gasteiger partial charge in [-0.3, -0.25) is 14.4 Å². The molecule has 1 aliphatic carbocycles. The van der Waals surface area contributed by atoms with Crippen molar-refractivity contribution in [3.05, 3.63) is 60.7 Å². The van der Waals surface area contributed by atoms with E-state index in [2.05, 4.69) is 20.9 Å². The van der Waals surface area contributed by atoms with Gasteiger partial charge in [-0.05, 0) is 53.9 Å². The maximum absolute atomic E-state index is 12.4. The van der Waals surface area contributed by atoms with Crippen molar-refractivity contribution in [3.8, 4) is 0 Å². The smallest absolute Gasteiger partial charge is 0.234 e. The number of thioether (sulfide) groups is 2. The number of hydrogen-bond donors (Lipinski definition) is 3. The van der Waals surface area contributed by atoms with E-state index in [0.717, 1.165) is 43.9 Å². The van der Waals surface area contributed by atoms with Crippen LogP contribution in [0, 0.1) is 0 Å². The second-order valence-corrected chi connectivity index (χ2v) is 11.7. The van der Waals surface area contributed by atoms with Gasteiger partial charge in [-0.1, -0.05) is 42.1 Å². The molecule has 184 valence electrons. The summed E-state index contributed by atoms with van der Waals surface area (Å²) in [4.78, 5) is 41.1. The molecule has 5 rings (SSSR count). The molecular weight excluding hydrogens is 513 g/mol. The van der Waals surface area contributed by atoms with E-state index in [4.69, 9.17) is 0 Å². The Morgan fingerprint density at radius 1 is 0.833 bits per heavy atom. The highest BCUT2D eigenvalue weighted by Gasteiger charge is 2.23. The van der Waals surface area contributed by atoms with E-state index in [9.17, 15) is 14.4 Å². The normalized spacial score (nSPS) is 13.0. The summed E-state index contributed by atoms with van der Waals surface area (Å²) in [6.45, 7) is 0. The van der Waals surface area contributed by atoms with Crippen LogP contribution in [-0.2, 0) is 14.4 Å². The first kappa shape index (κ1) is 24.6. The van der Waals surface area contributed by atoms with Gasteiger partial charge >= 0.3 is 0 Å². The van der Waals surface area contributed by atoms with Crippen molar-refractivity contribution in [1.82, 2.24) is 10.3 Å². The van der Waals surface area contributed by atoms with Crippen molar-refractivity contribution in [2.75, 3.05) is 27.9 Å². The summed E-state index contributed by atoms with van der Waals surface area (Å²) < 4.78 is 1.77. The van der Waals surface area contributed by atoms with E-state index in [1.165, 1.54) is 34.9 Å². The molecule has 0 atom stereocenters. The lowest BCUT2D eigenvalue weighted by molar-refractivity contribution is -0.118. The van der Waals surface area contributed by atoms with E-state index in [-0.39, 0.29) is 29.2 Å². The second-order valence-electron chi connectivity index (χ2n) is 8.44. The minimum atomic E-state index is -0.172. The minimum absolute atomic E-state index is 0.0400. The quantitative estimate of drug-likeness (QED) is 0.243. The van der Waals surface area contributed by atoms with Crippen molar-refractivity contribution >= 4 is 84.9 Å². The number of carbonyl (C=O) groups excluding carboxylic acids is 3. The van der Waals surface area contributed by atoms with Crippen molar-refractivity contribution < 1.29 is 14.4 Å². The average Bonchev–Trinajstić information content (AvgIpc) is 3.58. The van der Waals surface area contributed by atoms with Crippen LogP contribution in [0.4, 0.5) is 11.4 Å². The molecule has 3 amide bonds. The van der Waals surface area contributed by atoms with Gasteiger partial charge in [0, 0.05) is 17.4 Å². The van der Waals surface area contributed by atoms with Crippen LogP contribution in [0.1, 0.15) is 12.8 Å². The maximum atomic E-state index is 12.4. The third-order valence-electron chi connectivity index (χ3n) is 5.42. The summed E-state index contributed by atoms with van der Waals surface area (Å²) in [5.74, 6) is 0.425. The Bertz CT molecular complexity index is 1430. The van der Waals surface area contributed by atoms with Gasteiger partial charge < -0.3 is 16.0 Å². The van der Waals surface area contributed by atoms with Crippen LogP contribution in [0.5, 0.6) is 0 Å². The largest absolute Gasteiger partial charge is 0.353 e. The van der Waals surface area contributed by atoms with Crippen LogP contribution < -0.4 is 16.0 Å². The van der Waals surface area contributed by atoms with E-state index in [1.54, 1.807) is 0 Å². The van der Waals surface area contributed by atoms with Gasteiger partial charge in [0.1, 0.15) is 0 Å². The molecule has 0 radical (unpaired) electrons. The molecular formula is C26H24N4O3S3. The zero-order chi connectivity index (χ0) is 24.9. The van der Waals surface area contributed by atoms with Gasteiger partial charge in [0.25, 0.3) is 0 Å². The molecule has 10 heteroatoms. The van der Waals surface area contributed by atoms with Crippen molar-refractivity contribution in [2.24, 2.45) is 0 Å². The first-order valence-electron chi connectivity index (χ1n) is 11.5. The maximum Gasteiger partial charge on any atom is 0.234 e. The van der Waals surface area contributed by atoms with Crippen LogP contribution in [0.2, 0.25) is 0 Å². The summed E-state index contributed by atoms with van der Waals surface area (Å²) in [7, 11) is 0. The SMILES string of the molecule is O=C(CSCC(=O)Nc1ccc2nc(SCC(=O)NC3CC3)sc2c1)Nc1ccc2ccccc2c1. The van der Waals surface area contributed by atoms with Gasteiger partial charge in [-0.2, -0.15) is 0 Å². The Kier molecular flexibility index (Phi) is 7.74. The molecule has 1 saturated carbocycles. The molecule has 1 aliphatic rings. The number of thiazole rings is 1. The van der Waals surface area contributed by atoms with Crippen molar-refractivity contribution in [2.45, 2.75) is 23.2 Å². The first-order chi connectivity index (χ1) is 17.5. The summed E-state index contributed by atoms with van der Waals surface area (Å²) in [5, 5.41) is 10.9. The first-order valence-corrected chi connectivity index (χ1v) is 14.5. The van der Waals surface area contributed by atoms with Crippen molar-refractivity contribution in [3.63, 3.8) is 0 Å². The lowest BCUT2D eigenvalue weighted by Crippen LogP contribution is -2.26. The van der Waals surface area contributed by atoms with E-state index < -0.39 is 0 Å². The Balaban J connectivity index is 1.07. The molecule has 0 unspecified atom stereocenters. The van der Waals surface area contributed by atoms with Crippen LogP contribution in [0.25, 0.3) is 21.0 Å². The molecule has 0 spiro atoms. The summed E-state index contributed by atoms with van der Waals surface area (Å²) in [5.41, 5.74) is 2.26. The van der Waals surface area contributed by atoms with E-state index >= 15 is 0 Å². The topological polar surface area (TPSA) is 100 Å². The van der Waals surface area contributed by atoms with Gasteiger partial charge in [0.2, 0.25) is 17.7 Å². The van der Waals surface area contributed by atoms with Gasteiger partial charge in [-0.25, -0.2) is 4.98 Å². The Morgan fingerprint density at radius 3 is 2.28 bits per heavy atom. The number of hydrogen-bond acceptors (Lipinski definition) is 7. The molecule has 0 saturated heterocycles. The van der Waals surface area contributed by atoms with Gasteiger partial charge in [-0.15, -0.1) is 23.1 Å². The van der Waals surface area contributed by atoms with Crippen LogP contribution in [0.15, 0.2) is 65.0 Å². The van der Waals surface area contributed by atoms with Gasteiger partial charge in [0.05, 0.1) is 27.5 Å². The molecule has 1 heterocycles. The summed E-state index contributed by atoms with van der Waals surface area (Å²) >= 11 is 4.19. The van der Waals surface area contributed by atoms with E-state index in [1.807, 2.05) is 60.7 Å². The molecule has 0 aliphatic heterocycles. The van der Waals surface area contributed by atoms with Crippen LogP contribution in [0.3, 0.4) is 0 Å². The third-order valence-corrected chi connectivity index (χ3v) is 8.52. The molecule has 3 N–H and O–H groups in total. The highest BCUT2D eigenvalue weighted by atomic mass is 32.2. The fourth-order valence-corrected chi connectivity index (χ4v) is 6.10. The van der Waals surface area contributed by atoms with Gasteiger partial charge in [0.15, 0.2) is 4.34 Å². The molecule has 4 aromatic rings. The number of carbonyl (C=O) groups is 3. The van der Waals surface area contributed by atoms with Crippen molar-refractivity contribution in [1.29, 1.82) is 0 Å². The third kappa shape index (κ3) is 6.77. The number of fused-ring (bicyclic) bond motifs is 2. The zero-order valence-electron chi connectivity index (χ0n) is 19.3. The highest BCUT2D eigenvalue weighted by molar-refractivity contribution is 8.01. The standard InChI is InChI=1S/C26H24N4O3S3/c31-23(28-19-6-5-16-3-1-2-4-17(16)11-19)13-34-14-24(32)29-20-9-10-21-22(12-20)36-26(30-21)35-15-25(33)27-18-7-8-18/h1-6,9-12,18H,7-8,13-15H2,(H,27,33)(H,28,31)(H,29,32). The van der Waals surface area contributed by atoms with E-state index in [0.29, 0.717) is 17.5 Å². The number of nitrogens with one attached hydrogen (secondary N) is 3. The molecule has 36 heavy (non-hydrogen) atoms. The molecule has 1 fully saturated rings. The Labute approximate surface area is 220 Å². The number of amides is 3. The summed E-state index contributed by atoms with van der Waals surface area (Å²) in [6, 6.07) is 19.7. The van der Waals surface area contributed by atoms with Crippen LogP contribution >= 0.6 is 34.9 Å². The lowest BCUT2D eigenvalue weighted by Gasteiger charge is -2.07. The summed E-state index contributed by atoms with van der Waals surface area (Å²) in [6.07, 6.45) is 2.14. The average molecular weight is 537 g/mol. The molecule has 3 aromatic carbocycles. The number of anilines is 2. The fraction of sp³-hybridized carbons (Fsp3) is 0.231. The second kappa shape index (κ2) is 11.3. The molecule has 1 aromatic heterocycles. The highest BCUT2D eigenvalue weighted by Crippen LogP contribution is 2.31. The lowest BCUT2D eigenvalue weighted by atomic mass is 10.1. The zero-order valence-corrected chi connectivity index (χ0v) is 21.7. The Morgan fingerprint density at radius 2 is 1.53 bits per heavy atom. The number of rotatable bonds is 10. The molecule has 7 nitrogen and oxygen atoms in total. The minimum Gasteiger partial charge on any atom is -0.353 e. The number of aromatic nitrogens is 1. The predicted octanol–water partition coefficient (Wildman–Crippen LogP) is 5.13. The number of benzene rings is 3. The monoisotopic (exact) mass is 536 g/mol. The predicted molar refractivity (Wildman–Crippen MR) is 150 cm³/mol.